The van der Waals surface area contributed by atoms with Crippen LogP contribution in [0.3, 0.4) is 0 Å². The minimum atomic E-state index is 0.130. The van der Waals surface area contributed by atoms with Crippen molar-refractivity contribution in [1.29, 1.82) is 0 Å². The predicted molar refractivity (Wildman–Crippen MR) is 82.8 cm³/mol. The SMILES string of the molecule is CCN1CCC(CC(=O)N(C)[C@@H](C)c2cncs2)CC1. The number of piperidine rings is 1. The van der Waals surface area contributed by atoms with E-state index in [1.54, 1.807) is 11.3 Å². The maximum Gasteiger partial charge on any atom is 0.223 e. The first kappa shape index (κ1) is 15.4. The summed E-state index contributed by atoms with van der Waals surface area (Å²) in [6.45, 7) is 7.69. The second kappa shape index (κ2) is 7.18. The highest BCUT2D eigenvalue weighted by atomic mass is 32.1. The van der Waals surface area contributed by atoms with E-state index in [4.69, 9.17) is 0 Å². The highest BCUT2D eigenvalue weighted by Gasteiger charge is 2.24. The third kappa shape index (κ3) is 3.79. The van der Waals surface area contributed by atoms with Gasteiger partial charge in [-0.05, 0) is 45.3 Å². The molecule has 1 aromatic heterocycles. The van der Waals surface area contributed by atoms with E-state index in [1.807, 2.05) is 23.7 Å². The molecule has 0 radical (unpaired) electrons. The molecule has 0 unspecified atom stereocenters. The first-order chi connectivity index (χ1) is 9.61. The number of rotatable bonds is 5. The van der Waals surface area contributed by atoms with Crippen molar-refractivity contribution in [2.45, 2.75) is 39.2 Å². The van der Waals surface area contributed by atoms with Crippen LogP contribution in [0.5, 0.6) is 0 Å². The van der Waals surface area contributed by atoms with E-state index >= 15 is 0 Å². The molecule has 0 saturated carbocycles. The van der Waals surface area contributed by atoms with Crippen molar-refractivity contribution in [2.24, 2.45) is 5.92 Å². The average molecular weight is 295 g/mol. The molecule has 1 atom stereocenters. The lowest BCUT2D eigenvalue weighted by atomic mass is 9.93. The Morgan fingerprint density at radius 3 is 2.80 bits per heavy atom. The summed E-state index contributed by atoms with van der Waals surface area (Å²) in [6, 6.07) is 0.130. The van der Waals surface area contributed by atoms with Crippen molar-refractivity contribution in [1.82, 2.24) is 14.8 Å². The molecular weight excluding hydrogens is 270 g/mol. The molecule has 4 nitrogen and oxygen atoms in total. The van der Waals surface area contributed by atoms with E-state index in [-0.39, 0.29) is 11.9 Å². The molecule has 0 N–H and O–H groups in total. The molecule has 0 spiro atoms. The van der Waals surface area contributed by atoms with E-state index in [0.29, 0.717) is 12.3 Å². The normalized spacial score (nSPS) is 18.9. The zero-order valence-corrected chi connectivity index (χ0v) is 13.5. The summed E-state index contributed by atoms with van der Waals surface area (Å²) in [5.74, 6) is 0.822. The van der Waals surface area contributed by atoms with Gasteiger partial charge in [-0.2, -0.15) is 0 Å². The van der Waals surface area contributed by atoms with Crippen molar-refractivity contribution in [3.63, 3.8) is 0 Å². The lowest BCUT2D eigenvalue weighted by molar-refractivity contribution is -0.133. The molecule has 1 fully saturated rings. The van der Waals surface area contributed by atoms with Gasteiger partial charge in [0.1, 0.15) is 0 Å². The molecule has 0 bridgehead atoms. The van der Waals surface area contributed by atoms with Crippen molar-refractivity contribution >= 4 is 17.2 Å². The first-order valence-electron chi connectivity index (χ1n) is 7.48. The Bertz CT molecular complexity index is 413. The zero-order valence-electron chi connectivity index (χ0n) is 12.7. The zero-order chi connectivity index (χ0) is 14.5. The Labute approximate surface area is 125 Å². The standard InChI is InChI=1S/C15H25N3OS/c1-4-18-7-5-13(6-8-18)9-15(19)17(3)12(2)14-10-16-11-20-14/h10-13H,4-9H2,1-3H3/t12-/m0/s1. The van der Waals surface area contributed by atoms with Gasteiger partial charge in [-0.25, -0.2) is 0 Å². The summed E-state index contributed by atoms with van der Waals surface area (Å²) in [6.07, 6.45) is 4.86. The van der Waals surface area contributed by atoms with E-state index in [1.165, 1.54) is 0 Å². The van der Waals surface area contributed by atoms with Crippen LogP contribution in [0.2, 0.25) is 0 Å². The van der Waals surface area contributed by atoms with E-state index in [9.17, 15) is 4.79 Å². The van der Waals surface area contributed by atoms with Crippen molar-refractivity contribution in [3.05, 3.63) is 16.6 Å². The van der Waals surface area contributed by atoms with Gasteiger partial charge in [0.15, 0.2) is 0 Å². The van der Waals surface area contributed by atoms with Gasteiger partial charge >= 0.3 is 0 Å². The van der Waals surface area contributed by atoms with Gasteiger partial charge in [0, 0.05) is 24.5 Å². The minimum absolute atomic E-state index is 0.130. The smallest absolute Gasteiger partial charge is 0.223 e. The monoisotopic (exact) mass is 295 g/mol. The third-order valence-corrected chi connectivity index (χ3v) is 5.40. The van der Waals surface area contributed by atoms with Crippen LogP contribution in [0.4, 0.5) is 0 Å². The summed E-state index contributed by atoms with van der Waals surface area (Å²) in [5, 5.41) is 0. The van der Waals surface area contributed by atoms with Crippen LogP contribution in [0.25, 0.3) is 0 Å². The Hall–Kier alpha value is -0.940. The molecule has 2 heterocycles. The van der Waals surface area contributed by atoms with Crippen molar-refractivity contribution in [3.8, 4) is 0 Å². The highest BCUT2D eigenvalue weighted by Crippen LogP contribution is 2.26. The Balaban J connectivity index is 1.82. The van der Waals surface area contributed by atoms with Gasteiger partial charge in [-0.1, -0.05) is 6.92 Å². The Kier molecular flexibility index (Phi) is 5.54. The summed E-state index contributed by atoms with van der Waals surface area (Å²) in [5.41, 5.74) is 1.82. The van der Waals surface area contributed by atoms with E-state index in [0.717, 1.165) is 37.4 Å². The van der Waals surface area contributed by atoms with Crippen LogP contribution in [0.1, 0.15) is 44.0 Å². The van der Waals surface area contributed by atoms with Crippen LogP contribution in [-0.4, -0.2) is 47.4 Å². The molecule has 5 heteroatoms. The summed E-state index contributed by atoms with van der Waals surface area (Å²) < 4.78 is 0. The Morgan fingerprint density at radius 2 is 2.25 bits per heavy atom. The predicted octanol–water partition coefficient (Wildman–Crippen LogP) is 2.78. The van der Waals surface area contributed by atoms with Gasteiger partial charge in [0.05, 0.1) is 11.6 Å². The number of carbonyl (C=O) groups is 1. The number of aromatic nitrogens is 1. The average Bonchev–Trinajstić information content (AvgIpc) is 3.00. The fraction of sp³-hybridized carbons (Fsp3) is 0.733. The minimum Gasteiger partial charge on any atom is -0.338 e. The molecular formula is C15H25N3OS. The molecule has 1 aromatic rings. The largest absolute Gasteiger partial charge is 0.338 e. The van der Waals surface area contributed by atoms with Crippen LogP contribution in [-0.2, 0) is 4.79 Å². The first-order valence-corrected chi connectivity index (χ1v) is 8.36. The maximum atomic E-state index is 12.4. The van der Waals surface area contributed by atoms with Crippen LogP contribution < -0.4 is 0 Å². The topological polar surface area (TPSA) is 36.4 Å². The molecule has 1 amide bonds. The van der Waals surface area contributed by atoms with Crippen molar-refractivity contribution in [2.75, 3.05) is 26.7 Å². The van der Waals surface area contributed by atoms with Crippen molar-refractivity contribution < 1.29 is 4.79 Å². The number of amides is 1. The molecule has 20 heavy (non-hydrogen) atoms. The Morgan fingerprint density at radius 1 is 1.55 bits per heavy atom. The fourth-order valence-corrected chi connectivity index (χ4v) is 3.46. The molecule has 1 aliphatic rings. The third-order valence-electron chi connectivity index (χ3n) is 4.46. The van der Waals surface area contributed by atoms with E-state index < -0.39 is 0 Å². The molecule has 1 saturated heterocycles. The number of likely N-dealkylation sites (tertiary alicyclic amines) is 1. The van der Waals surface area contributed by atoms with Gasteiger partial charge in [0.2, 0.25) is 5.91 Å². The fourth-order valence-electron chi connectivity index (χ4n) is 2.74. The second-order valence-corrected chi connectivity index (χ2v) is 6.58. The quantitative estimate of drug-likeness (QED) is 0.838. The van der Waals surface area contributed by atoms with Crippen LogP contribution >= 0.6 is 11.3 Å². The molecule has 1 aliphatic heterocycles. The number of hydrogen-bond donors (Lipinski definition) is 0. The van der Waals surface area contributed by atoms with Gasteiger partial charge in [-0.3, -0.25) is 9.78 Å². The van der Waals surface area contributed by atoms with Crippen LogP contribution in [0.15, 0.2) is 11.7 Å². The summed E-state index contributed by atoms with van der Waals surface area (Å²) in [4.78, 5) is 22.0. The maximum absolute atomic E-state index is 12.4. The number of hydrogen-bond acceptors (Lipinski definition) is 4. The van der Waals surface area contributed by atoms with Crippen LogP contribution in [0, 0.1) is 5.92 Å². The number of carbonyl (C=O) groups excluding carboxylic acids is 1. The van der Waals surface area contributed by atoms with Gasteiger partial charge in [-0.15, -0.1) is 11.3 Å². The van der Waals surface area contributed by atoms with Gasteiger partial charge in [0.25, 0.3) is 0 Å². The number of thiazole rings is 1. The van der Waals surface area contributed by atoms with E-state index in [2.05, 4.69) is 23.7 Å². The second-order valence-electron chi connectivity index (χ2n) is 5.67. The molecule has 2 rings (SSSR count). The molecule has 0 aromatic carbocycles. The molecule has 0 aliphatic carbocycles. The van der Waals surface area contributed by atoms with Gasteiger partial charge < -0.3 is 9.80 Å². The summed E-state index contributed by atoms with van der Waals surface area (Å²) in [7, 11) is 1.91. The highest BCUT2D eigenvalue weighted by molar-refractivity contribution is 7.09. The summed E-state index contributed by atoms with van der Waals surface area (Å²) >= 11 is 1.61. The number of nitrogens with zero attached hydrogens (tertiary/aromatic N) is 3. The lowest BCUT2D eigenvalue weighted by Crippen LogP contribution is -2.36. The molecule has 112 valence electrons. The lowest BCUT2D eigenvalue weighted by Gasteiger charge is -2.32.